The third-order valence-electron chi connectivity index (χ3n) is 1.92. The number of carbonyl (C=O) groups is 1. The lowest BCUT2D eigenvalue weighted by Gasteiger charge is -2.08. The van der Waals surface area contributed by atoms with Gasteiger partial charge in [0.1, 0.15) is 0 Å². The van der Waals surface area contributed by atoms with Crippen molar-refractivity contribution in [1.82, 2.24) is 0 Å². The molecule has 17 heavy (non-hydrogen) atoms. The van der Waals surface area contributed by atoms with E-state index in [-0.39, 0.29) is 5.76 Å². The zero-order valence-electron chi connectivity index (χ0n) is 10.1. The Hall–Kier alpha value is -1.97. The number of anilines is 1. The zero-order chi connectivity index (χ0) is 12.5. The highest BCUT2D eigenvalue weighted by molar-refractivity contribution is 5.86. The van der Waals surface area contributed by atoms with Crippen LogP contribution in [0.25, 0.3) is 0 Å². The Balaban J connectivity index is 2.67. The van der Waals surface area contributed by atoms with Gasteiger partial charge in [-0.3, -0.25) is 0 Å². The van der Waals surface area contributed by atoms with Crippen molar-refractivity contribution in [2.45, 2.75) is 13.8 Å². The molecular formula is C13H17NO3. The van der Waals surface area contributed by atoms with E-state index in [0.29, 0.717) is 13.2 Å². The number of para-hydroxylation sites is 1. The van der Waals surface area contributed by atoms with Gasteiger partial charge in [0.25, 0.3) is 0 Å². The minimum atomic E-state index is -0.460. The Morgan fingerprint density at radius 3 is 2.41 bits per heavy atom. The molecule has 0 radical (unpaired) electrons. The Labute approximate surface area is 101 Å². The molecular weight excluding hydrogens is 218 g/mol. The highest BCUT2D eigenvalue weighted by Gasteiger charge is 2.10. The number of rotatable bonds is 6. The topological polar surface area (TPSA) is 47.6 Å². The lowest BCUT2D eigenvalue weighted by atomic mass is 10.3. The van der Waals surface area contributed by atoms with Gasteiger partial charge in [-0.1, -0.05) is 18.2 Å². The second-order valence-corrected chi connectivity index (χ2v) is 3.17. The van der Waals surface area contributed by atoms with Gasteiger partial charge in [-0.15, -0.1) is 0 Å². The van der Waals surface area contributed by atoms with Crippen molar-refractivity contribution in [3.05, 3.63) is 42.3 Å². The van der Waals surface area contributed by atoms with Crippen molar-refractivity contribution in [2.75, 3.05) is 18.5 Å². The van der Waals surface area contributed by atoms with Gasteiger partial charge in [-0.2, -0.15) is 0 Å². The lowest BCUT2D eigenvalue weighted by Crippen LogP contribution is -2.12. The second kappa shape index (κ2) is 7.33. The van der Waals surface area contributed by atoms with Crippen LogP contribution in [0.1, 0.15) is 13.8 Å². The molecule has 0 aliphatic heterocycles. The summed E-state index contributed by atoms with van der Waals surface area (Å²) in [5.41, 5.74) is 0.883. The van der Waals surface area contributed by atoms with Crippen LogP contribution in [0.2, 0.25) is 0 Å². The molecule has 0 atom stereocenters. The maximum Gasteiger partial charge on any atom is 0.375 e. The van der Waals surface area contributed by atoms with Crippen LogP contribution in [0.3, 0.4) is 0 Å². The third kappa shape index (κ3) is 4.59. The van der Waals surface area contributed by atoms with Gasteiger partial charge in [0, 0.05) is 5.69 Å². The fourth-order valence-electron chi connectivity index (χ4n) is 1.20. The summed E-state index contributed by atoms with van der Waals surface area (Å²) in [4.78, 5) is 11.5. The molecule has 1 aromatic rings. The quantitative estimate of drug-likeness (QED) is 0.467. The first kappa shape index (κ1) is 13.1. The number of hydrogen-bond acceptors (Lipinski definition) is 4. The van der Waals surface area contributed by atoms with E-state index in [2.05, 4.69) is 5.32 Å². The Morgan fingerprint density at radius 1 is 1.18 bits per heavy atom. The number of benzene rings is 1. The van der Waals surface area contributed by atoms with Gasteiger partial charge in [0.2, 0.25) is 5.76 Å². The monoisotopic (exact) mass is 235 g/mol. The molecule has 0 amide bonds. The average molecular weight is 235 g/mol. The van der Waals surface area contributed by atoms with Crippen molar-refractivity contribution in [3.63, 3.8) is 0 Å². The van der Waals surface area contributed by atoms with E-state index in [1.54, 1.807) is 6.92 Å². The maximum absolute atomic E-state index is 11.5. The summed E-state index contributed by atoms with van der Waals surface area (Å²) in [5, 5.41) is 2.98. The summed E-state index contributed by atoms with van der Waals surface area (Å²) < 4.78 is 10.1. The van der Waals surface area contributed by atoms with E-state index in [4.69, 9.17) is 9.47 Å². The van der Waals surface area contributed by atoms with E-state index in [0.717, 1.165) is 5.69 Å². The van der Waals surface area contributed by atoms with Crippen LogP contribution in [0.4, 0.5) is 5.69 Å². The van der Waals surface area contributed by atoms with E-state index in [1.807, 2.05) is 37.3 Å². The maximum atomic E-state index is 11.5. The molecule has 0 spiro atoms. The van der Waals surface area contributed by atoms with Gasteiger partial charge < -0.3 is 14.8 Å². The van der Waals surface area contributed by atoms with Crippen LogP contribution in [0.15, 0.2) is 42.3 Å². The van der Waals surface area contributed by atoms with Crippen LogP contribution < -0.4 is 5.32 Å². The molecule has 0 heterocycles. The molecule has 0 bridgehead atoms. The van der Waals surface area contributed by atoms with Crippen molar-refractivity contribution in [3.8, 4) is 0 Å². The van der Waals surface area contributed by atoms with Crippen LogP contribution in [0.5, 0.6) is 0 Å². The number of esters is 1. The smallest absolute Gasteiger partial charge is 0.375 e. The van der Waals surface area contributed by atoms with Crippen molar-refractivity contribution in [2.24, 2.45) is 0 Å². The average Bonchev–Trinajstić information content (AvgIpc) is 2.36. The number of hydrogen-bond donors (Lipinski definition) is 1. The van der Waals surface area contributed by atoms with Crippen LogP contribution >= 0.6 is 0 Å². The molecule has 4 heteroatoms. The molecule has 1 aromatic carbocycles. The standard InChI is InChI=1S/C13H17NO3/c1-3-16-12(13(15)17-4-2)10-14-11-8-6-5-7-9-11/h5-10,14H,3-4H2,1-2H3/b12-10-. The minimum Gasteiger partial charge on any atom is -0.486 e. The third-order valence-corrected chi connectivity index (χ3v) is 1.92. The van der Waals surface area contributed by atoms with E-state index >= 15 is 0 Å². The summed E-state index contributed by atoms with van der Waals surface area (Å²) >= 11 is 0. The molecule has 1 N–H and O–H groups in total. The molecule has 0 unspecified atom stereocenters. The Morgan fingerprint density at radius 2 is 1.82 bits per heavy atom. The summed E-state index contributed by atoms with van der Waals surface area (Å²) in [6.07, 6.45) is 1.51. The van der Waals surface area contributed by atoms with E-state index in [9.17, 15) is 4.79 Å². The van der Waals surface area contributed by atoms with Crippen molar-refractivity contribution >= 4 is 11.7 Å². The summed E-state index contributed by atoms with van der Waals surface area (Å²) in [6, 6.07) is 9.52. The first-order chi connectivity index (χ1) is 8.27. The van der Waals surface area contributed by atoms with Gasteiger partial charge in [0.05, 0.1) is 19.4 Å². The van der Waals surface area contributed by atoms with Gasteiger partial charge in [-0.05, 0) is 26.0 Å². The number of nitrogens with one attached hydrogen (secondary N) is 1. The van der Waals surface area contributed by atoms with E-state index < -0.39 is 5.97 Å². The predicted octanol–water partition coefficient (Wildman–Crippen LogP) is 2.54. The lowest BCUT2D eigenvalue weighted by molar-refractivity contribution is -0.142. The molecule has 0 saturated heterocycles. The number of carbonyl (C=O) groups excluding carboxylic acids is 1. The largest absolute Gasteiger partial charge is 0.486 e. The fourth-order valence-corrected chi connectivity index (χ4v) is 1.20. The molecule has 4 nitrogen and oxygen atoms in total. The Bertz CT molecular complexity index is 374. The van der Waals surface area contributed by atoms with Crippen LogP contribution in [0, 0.1) is 0 Å². The van der Waals surface area contributed by atoms with Crippen molar-refractivity contribution < 1.29 is 14.3 Å². The summed E-state index contributed by atoms with van der Waals surface area (Å²) in [6.45, 7) is 4.32. The van der Waals surface area contributed by atoms with Crippen LogP contribution in [-0.4, -0.2) is 19.2 Å². The highest BCUT2D eigenvalue weighted by atomic mass is 16.6. The fraction of sp³-hybridized carbons (Fsp3) is 0.308. The molecule has 1 rings (SSSR count). The van der Waals surface area contributed by atoms with Gasteiger partial charge in [-0.25, -0.2) is 4.79 Å². The summed E-state index contributed by atoms with van der Waals surface area (Å²) in [7, 11) is 0. The van der Waals surface area contributed by atoms with Gasteiger partial charge in [0.15, 0.2) is 0 Å². The summed E-state index contributed by atoms with van der Waals surface area (Å²) in [5.74, 6) is -0.281. The van der Waals surface area contributed by atoms with E-state index in [1.165, 1.54) is 6.20 Å². The number of ether oxygens (including phenoxy) is 2. The molecule has 0 aliphatic rings. The predicted molar refractivity (Wildman–Crippen MR) is 66.4 cm³/mol. The molecule has 0 aliphatic carbocycles. The zero-order valence-corrected chi connectivity index (χ0v) is 10.1. The highest BCUT2D eigenvalue weighted by Crippen LogP contribution is 2.07. The Kier molecular flexibility index (Phi) is 5.64. The molecule has 92 valence electrons. The van der Waals surface area contributed by atoms with Gasteiger partial charge >= 0.3 is 5.97 Å². The van der Waals surface area contributed by atoms with Crippen LogP contribution in [-0.2, 0) is 14.3 Å². The normalized spacial score (nSPS) is 10.8. The second-order valence-electron chi connectivity index (χ2n) is 3.17. The first-order valence-corrected chi connectivity index (χ1v) is 5.59. The SMILES string of the molecule is CCOC(=O)/C(=C/Nc1ccccc1)OCC. The van der Waals surface area contributed by atoms with Crippen molar-refractivity contribution in [1.29, 1.82) is 0 Å². The first-order valence-electron chi connectivity index (χ1n) is 5.59. The molecule has 0 fully saturated rings. The molecule has 0 aromatic heterocycles. The molecule has 0 saturated carbocycles. The minimum absolute atomic E-state index is 0.179.